The number of hydrogen-bond donors (Lipinski definition) is 0. The molecule has 0 N–H and O–H groups in total. The molecule has 1 saturated heterocycles. The van der Waals surface area contributed by atoms with Crippen LogP contribution in [0.25, 0.3) is 0 Å². The van der Waals surface area contributed by atoms with Crippen LogP contribution in [0.1, 0.15) is 58.8 Å². The number of nitrogens with zero attached hydrogens (tertiary/aromatic N) is 2. The normalized spacial score (nSPS) is 26.4. The van der Waals surface area contributed by atoms with Gasteiger partial charge in [-0.05, 0) is 31.1 Å². The first kappa shape index (κ1) is 13.4. The van der Waals surface area contributed by atoms with E-state index in [4.69, 9.17) is 0 Å². The van der Waals surface area contributed by atoms with E-state index in [1.165, 1.54) is 12.8 Å². The van der Waals surface area contributed by atoms with Gasteiger partial charge in [-0.15, -0.1) is 0 Å². The Morgan fingerprint density at radius 2 is 1.78 bits per heavy atom. The van der Waals surface area contributed by atoms with E-state index in [9.17, 15) is 10.1 Å². The molecule has 0 unspecified atom stereocenters. The third kappa shape index (κ3) is 2.53. The molecule has 1 amide bonds. The second-order valence-electron chi connectivity index (χ2n) is 6.75. The van der Waals surface area contributed by atoms with Crippen molar-refractivity contribution in [1.82, 2.24) is 4.90 Å². The first-order valence-electron chi connectivity index (χ1n) is 7.20. The van der Waals surface area contributed by atoms with Gasteiger partial charge in [-0.2, -0.15) is 5.26 Å². The van der Waals surface area contributed by atoms with Crippen LogP contribution in [0.15, 0.2) is 0 Å². The zero-order chi connectivity index (χ0) is 13.2. The topological polar surface area (TPSA) is 44.1 Å². The van der Waals surface area contributed by atoms with Crippen LogP contribution in [-0.4, -0.2) is 23.9 Å². The Hall–Kier alpha value is -1.04. The summed E-state index contributed by atoms with van der Waals surface area (Å²) in [6.07, 6.45) is 6.99. The van der Waals surface area contributed by atoms with Crippen LogP contribution in [0.4, 0.5) is 0 Å². The molecule has 3 heteroatoms. The molecule has 0 radical (unpaired) electrons. The average molecular weight is 248 g/mol. The predicted molar refractivity (Wildman–Crippen MR) is 70.7 cm³/mol. The Bertz CT molecular complexity index is 361. The number of carbonyl (C=O) groups excluding carboxylic acids is 1. The van der Waals surface area contributed by atoms with Crippen molar-refractivity contribution in [3.63, 3.8) is 0 Å². The van der Waals surface area contributed by atoms with Gasteiger partial charge < -0.3 is 4.90 Å². The Labute approximate surface area is 110 Å². The van der Waals surface area contributed by atoms with Crippen molar-refractivity contribution < 1.29 is 4.79 Å². The number of likely N-dealkylation sites (tertiary alicyclic amines) is 1. The fraction of sp³-hybridized carbons (Fsp3) is 0.867. The fourth-order valence-electron chi connectivity index (χ4n) is 3.43. The van der Waals surface area contributed by atoms with E-state index >= 15 is 0 Å². The summed E-state index contributed by atoms with van der Waals surface area (Å²) in [5, 5.41) is 9.48. The number of nitriles is 1. The summed E-state index contributed by atoms with van der Waals surface area (Å²) in [6.45, 7) is 6.08. The van der Waals surface area contributed by atoms with E-state index in [0.29, 0.717) is 0 Å². The Balaban J connectivity index is 2.12. The predicted octanol–water partition coefficient (Wildman–Crippen LogP) is 3.11. The molecule has 1 heterocycles. The first-order valence-corrected chi connectivity index (χ1v) is 7.20. The third-order valence-corrected chi connectivity index (χ3v) is 4.52. The lowest BCUT2D eigenvalue weighted by Gasteiger charge is -2.42. The van der Waals surface area contributed by atoms with Gasteiger partial charge in [-0.3, -0.25) is 4.79 Å². The van der Waals surface area contributed by atoms with Crippen molar-refractivity contribution in [2.45, 2.75) is 58.8 Å². The highest BCUT2D eigenvalue weighted by molar-refractivity contribution is 5.85. The number of rotatable bonds is 1. The molecule has 0 aromatic rings. The molecule has 0 bridgehead atoms. The number of piperidine rings is 1. The average Bonchev–Trinajstić information content (AvgIpc) is 2.37. The standard InChI is InChI=1S/C15H24N2O/c1-14(2)7-6-10-17(12-14)13(18)15(11-16)8-4-3-5-9-15/h3-10,12H2,1-2H3. The summed E-state index contributed by atoms with van der Waals surface area (Å²) in [7, 11) is 0. The van der Waals surface area contributed by atoms with Gasteiger partial charge in [-0.25, -0.2) is 0 Å². The number of hydrogen-bond acceptors (Lipinski definition) is 2. The van der Waals surface area contributed by atoms with Gasteiger partial charge in [0.1, 0.15) is 5.41 Å². The highest BCUT2D eigenvalue weighted by Gasteiger charge is 2.44. The van der Waals surface area contributed by atoms with Gasteiger partial charge >= 0.3 is 0 Å². The molecule has 1 aliphatic heterocycles. The van der Waals surface area contributed by atoms with Gasteiger partial charge in [0, 0.05) is 13.1 Å². The van der Waals surface area contributed by atoms with Crippen molar-refractivity contribution >= 4 is 5.91 Å². The molecule has 1 saturated carbocycles. The molecule has 1 aliphatic carbocycles. The lowest BCUT2D eigenvalue weighted by Crippen LogP contribution is -2.50. The van der Waals surface area contributed by atoms with Gasteiger partial charge in [0.25, 0.3) is 0 Å². The van der Waals surface area contributed by atoms with E-state index in [1.54, 1.807) is 0 Å². The molecule has 100 valence electrons. The number of carbonyl (C=O) groups is 1. The zero-order valence-corrected chi connectivity index (χ0v) is 11.7. The molecule has 0 spiro atoms. The van der Waals surface area contributed by atoms with Gasteiger partial charge in [0.15, 0.2) is 0 Å². The quantitative estimate of drug-likeness (QED) is 0.715. The molecular weight excluding hydrogens is 224 g/mol. The smallest absolute Gasteiger partial charge is 0.243 e. The maximum Gasteiger partial charge on any atom is 0.243 e. The third-order valence-electron chi connectivity index (χ3n) is 4.52. The van der Waals surface area contributed by atoms with Crippen LogP contribution in [0.3, 0.4) is 0 Å². The van der Waals surface area contributed by atoms with E-state index in [0.717, 1.165) is 45.2 Å². The maximum atomic E-state index is 12.7. The minimum Gasteiger partial charge on any atom is -0.341 e. The van der Waals surface area contributed by atoms with Crippen LogP contribution in [-0.2, 0) is 4.79 Å². The second kappa shape index (κ2) is 4.91. The van der Waals surface area contributed by atoms with Crippen molar-refractivity contribution in [3.8, 4) is 6.07 Å². The SMILES string of the molecule is CC1(C)CCCN(C(=O)C2(C#N)CCCCC2)C1. The van der Waals surface area contributed by atoms with Crippen LogP contribution in [0.5, 0.6) is 0 Å². The Morgan fingerprint density at radius 3 is 2.33 bits per heavy atom. The lowest BCUT2D eigenvalue weighted by atomic mass is 9.73. The lowest BCUT2D eigenvalue weighted by molar-refractivity contribution is -0.143. The van der Waals surface area contributed by atoms with E-state index in [-0.39, 0.29) is 11.3 Å². The van der Waals surface area contributed by atoms with E-state index in [1.807, 2.05) is 4.90 Å². The monoisotopic (exact) mass is 248 g/mol. The second-order valence-corrected chi connectivity index (χ2v) is 6.75. The molecule has 2 fully saturated rings. The largest absolute Gasteiger partial charge is 0.341 e. The van der Waals surface area contributed by atoms with Gasteiger partial charge in [-0.1, -0.05) is 33.1 Å². The minimum atomic E-state index is -0.703. The van der Waals surface area contributed by atoms with Crippen molar-refractivity contribution in [1.29, 1.82) is 5.26 Å². The summed E-state index contributed by atoms with van der Waals surface area (Å²) < 4.78 is 0. The fourth-order valence-corrected chi connectivity index (χ4v) is 3.43. The van der Waals surface area contributed by atoms with E-state index < -0.39 is 5.41 Å². The molecule has 2 rings (SSSR count). The van der Waals surface area contributed by atoms with E-state index in [2.05, 4.69) is 19.9 Å². The van der Waals surface area contributed by atoms with Crippen molar-refractivity contribution in [2.24, 2.45) is 10.8 Å². The minimum absolute atomic E-state index is 0.109. The van der Waals surface area contributed by atoms with Crippen LogP contribution in [0.2, 0.25) is 0 Å². The molecule has 18 heavy (non-hydrogen) atoms. The summed E-state index contributed by atoms with van der Waals surface area (Å²) in [4.78, 5) is 14.7. The molecule has 2 aliphatic rings. The summed E-state index contributed by atoms with van der Waals surface area (Å²) >= 11 is 0. The van der Waals surface area contributed by atoms with Gasteiger partial charge in [0.05, 0.1) is 6.07 Å². The van der Waals surface area contributed by atoms with Crippen LogP contribution in [0, 0.1) is 22.2 Å². The molecule has 0 atom stereocenters. The Morgan fingerprint density at radius 1 is 1.11 bits per heavy atom. The first-order chi connectivity index (χ1) is 8.49. The molecular formula is C15H24N2O. The van der Waals surface area contributed by atoms with Crippen molar-refractivity contribution in [2.75, 3.05) is 13.1 Å². The highest BCUT2D eigenvalue weighted by Crippen LogP contribution is 2.39. The van der Waals surface area contributed by atoms with Gasteiger partial charge in [0.2, 0.25) is 5.91 Å². The summed E-state index contributed by atoms with van der Waals surface area (Å²) in [6, 6.07) is 2.35. The highest BCUT2D eigenvalue weighted by atomic mass is 16.2. The molecule has 3 nitrogen and oxygen atoms in total. The zero-order valence-electron chi connectivity index (χ0n) is 11.7. The maximum absolute atomic E-state index is 12.7. The molecule has 0 aromatic heterocycles. The summed E-state index contributed by atoms with van der Waals surface area (Å²) in [5.41, 5.74) is -0.495. The van der Waals surface area contributed by atoms with Crippen LogP contribution < -0.4 is 0 Å². The Kier molecular flexibility index (Phi) is 3.66. The summed E-state index contributed by atoms with van der Waals surface area (Å²) in [5.74, 6) is 0.109. The van der Waals surface area contributed by atoms with Crippen molar-refractivity contribution in [3.05, 3.63) is 0 Å². The number of amides is 1. The van der Waals surface area contributed by atoms with Crippen LogP contribution >= 0.6 is 0 Å². The molecule has 0 aromatic carbocycles.